The summed E-state index contributed by atoms with van der Waals surface area (Å²) in [5.74, 6) is 2.14. The van der Waals surface area contributed by atoms with E-state index in [0.717, 1.165) is 52.9 Å². The van der Waals surface area contributed by atoms with Crippen LogP contribution in [0.15, 0.2) is 97.3 Å². The highest BCUT2D eigenvalue weighted by Crippen LogP contribution is 2.44. The van der Waals surface area contributed by atoms with Gasteiger partial charge in [-0.25, -0.2) is 12.7 Å². The average molecular weight is 752 g/mol. The molecule has 2 heterocycles. The molecule has 2 aromatic heterocycles. The van der Waals surface area contributed by atoms with Gasteiger partial charge in [0.1, 0.15) is 0 Å². The van der Waals surface area contributed by atoms with E-state index in [4.69, 9.17) is 9.97 Å². The predicted molar refractivity (Wildman–Crippen MR) is 222 cm³/mol. The van der Waals surface area contributed by atoms with Crippen molar-refractivity contribution >= 4 is 22.2 Å². The zero-order valence-corrected chi connectivity index (χ0v) is 33.7. The Balaban J connectivity index is 1.15. The minimum absolute atomic E-state index is 0.0109. The highest BCUT2D eigenvalue weighted by Gasteiger charge is 2.44. The summed E-state index contributed by atoms with van der Waals surface area (Å²) in [5, 5.41) is 19.1. The number of nitrogens with zero attached hydrogens (tertiary/aromatic N) is 5. The fourth-order valence-electron chi connectivity index (χ4n) is 9.03. The average Bonchev–Trinajstić information content (AvgIpc) is 3.20. The van der Waals surface area contributed by atoms with Gasteiger partial charge in [-0.05, 0) is 96.6 Å². The second kappa shape index (κ2) is 17.3. The van der Waals surface area contributed by atoms with Crippen LogP contribution >= 0.6 is 0 Å². The van der Waals surface area contributed by atoms with Crippen molar-refractivity contribution in [2.75, 3.05) is 12.8 Å². The number of allylic oxidation sites excluding steroid dienone is 2. The Labute approximate surface area is 328 Å². The molecule has 0 radical (unpaired) electrons. The molecule has 2 unspecified atom stereocenters. The van der Waals surface area contributed by atoms with E-state index in [1.807, 2.05) is 85.1 Å². The quantitative estimate of drug-likeness (QED) is 0.160. The highest BCUT2D eigenvalue weighted by atomic mass is 32.2. The van der Waals surface area contributed by atoms with Gasteiger partial charge in [0.25, 0.3) is 0 Å². The minimum atomic E-state index is -3.56. The second-order valence-corrected chi connectivity index (χ2v) is 18.2. The molecule has 0 spiro atoms. The molecule has 284 valence electrons. The number of hydrogen-bond donors (Lipinski definition) is 0. The van der Waals surface area contributed by atoms with E-state index in [1.165, 1.54) is 0 Å². The molecule has 0 saturated heterocycles. The molecule has 0 bridgehead atoms. The summed E-state index contributed by atoms with van der Waals surface area (Å²) in [6.45, 7) is 11.3. The Kier molecular flexibility index (Phi) is 12.5. The van der Waals surface area contributed by atoms with Crippen LogP contribution in [-0.2, 0) is 10.0 Å². The van der Waals surface area contributed by atoms with Gasteiger partial charge in [-0.1, -0.05) is 102 Å². The first-order valence-corrected chi connectivity index (χ1v) is 21.3. The van der Waals surface area contributed by atoms with Gasteiger partial charge in [0.15, 0.2) is 0 Å². The minimum Gasteiger partial charge on any atom is -0.256 e. The lowest BCUT2D eigenvalue weighted by molar-refractivity contribution is 0.0843. The first kappa shape index (κ1) is 39.8. The van der Waals surface area contributed by atoms with Gasteiger partial charge < -0.3 is 0 Å². The van der Waals surface area contributed by atoms with Gasteiger partial charge >= 0.3 is 0 Å². The van der Waals surface area contributed by atoms with Gasteiger partial charge in [0.05, 0.1) is 40.4 Å². The van der Waals surface area contributed by atoms with E-state index >= 15 is 0 Å². The third-order valence-corrected chi connectivity index (χ3v) is 15.0. The molecule has 7 nitrogen and oxygen atoms in total. The molecular weight excluding hydrogens is 699 g/mol. The normalized spacial score (nSPS) is 27.3. The number of rotatable bonds is 10. The molecule has 8 heteroatoms. The van der Waals surface area contributed by atoms with Crippen LogP contribution in [0.1, 0.15) is 76.4 Å². The standard InChI is InChI=1S/C47H53N5O2S/c1-31-15-16-40(44(33(31)3)24-22-42-20-18-39(29-51-42)46-14-10-8-12-37(46)27-49)30-55(53,54)52(6)47-25-32(2)34(4)43(35(47)5)23-21-41-19-17-38(28-50-41)45-13-9-7-11-36(45)26-48/h7-14,17-24,28-29,31-35,40,43-44,47H,15-16,25,30H2,1-6H3/b23-21+,24-22+/t31-,32-,33+,34+,35?,40+,43-,44-,47?/m0/s1. The Morgan fingerprint density at radius 1 is 0.691 bits per heavy atom. The van der Waals surface area contributed by atoms with Crippen LogP contribution in [0.4, 0.5) is 0 Å². The summed E-state index contributed by atoms with van der Waals surface area (Å²) in [4.78, 5) is 9.39. The molecule has 4 aromatic rings. The molecule has 0 aliphatic heterocycles. The zero-order chi connectivity index (χ0) is 39.3. The fraction of sp³-hybridized carbons (Fsp3) is 0.404. The zero-order valence-electron chi connectivity index (χ0n) is 32.9. The largest absolute Gasteiger partial charge is 0.256 e. The van der Waals surface area contributed by atoms with Crippen LogP contribution in [0.5, 0.6) is 0 Å². The van der Waals surface area contributed by atoms with Gasteiger partial charge in [-0.2, -0.15) is 10.5 Å². The Hall–Kier alpha value is -4.89. The van der Waals surface area contributed by atoms with Crippen LogP contribution in [0.2, 0.25) is 0 Å². The molecule has 9 atom stereocenters. The fourth-order valence-corrected chi connectivity index (χ4v) is 10.9. The first-order chi connectivity index (χ1) is 26.4. The number of hydrogen-bond acceptors (Lipinski definition) is 6. The Morgan fingerprint density at radius 2 is 1.20 bits per heavy atom. The topological polar surface area (TPSA) is 111 Å². The third kappa shape index (κ3) is 8.83. The van der Waals surface area contributed by atoms with Crippen molar-refractivity contribution in [3.8, 4) is 34.4 Å². The molecule has 2 saturated carbocycles. The summed E-state index contributed by atoms with van der Waals surface area (Å²) >= 11 is 0. The molecule has 2 fully saturated rings. The molecule has 0 N–H and O–H groups in total. The van der Waals surface area contributed by atoms with E-state index < -0.39 is 10.0 Å². The number of benzene rings is 2. The van der Waals surface area contributed by atoms with Gasteiger partial charge in [-0.3, -0.25) is 9.97 Å². The van der Waals surface area contributed by atoms with Crippen molar-refractivity contribution in [2.45, 2.75) is 59.9 Å². The van der Waals surface area contributed by atoms with Crippen LogP contribution in [0, 0.1) is 70.0 Å². The smallest absolute Gasteiger partial charge is 0.214 e. The first-order valence-electron chi connectivity index (χ1n) is 19.6. The van der Waals surface area contributed by atoms with Crippen LogP contribution in [0.3, 0.4) is 0 Å². The van der Waals surface area contributed by atoms with E-state index in [-0.39, 0.29) is 35.5 Å². The number of sulfonamides is 1. The van der Waals surface area contributed by atoms with Crippen molar-refractivity contribution in [1.82, 2.24) is 14.3 Å². The van der Waals surface area contributed by atoms with E-state index in [1.54, 1.807) is 17.5 Å². The maximum atomic E-state index is 14.4. The van der Waals surface area contributed by atoms with Gasteiger partial charge in [0.2, 0.25) is 10.0 Å². The predicted octanol–water partition coefficient (Wildman–Crippen LogP) is 10.1. The monoisotopic (exact) mass is 751 g/mol. The molecule has 6 rings (SSSR count). The molecule has 2 aliphatic carbocycles. The van der Waals surface area contributed by atoms with E-state index in [2.05, 4.69) is 65.0 Å². The second-order valence-electron chi connectivity index (χ2n) is 16.1. The van der Waals surface area contributed by atoms with Crippen molar-refractivity contribution in [2.24, 2.45) is 47.3 Å². The van der Waals surface area contributed by atoms with Gasteiger partial charge in [0, 0.05) is 47.7 Å². The number of aromatic nitrogens is 2. The summed E-state index contributed by atoms with van der Waals surface area (Å²) in [7, 11) is -1.76. The summed E-state index contributed by atoms with van der Waals surface area (Å²) in [6, 6.07) is 27.4. The molecule has 2 aromatic carbocycles. The van der Waals surface area contributed by atoms with Crippen LogP contribution in [0.25, 0.3) is 34.4 Å². The number of pyridine rings is 2. The summed E-state index contributed by atoms with van der Waals surface area (Å²) < 4.78 is 30.4. The lowest BCUT2D eigenvalue weighted by Gasteiger charge is -2.46. The SMILES string of the molecule is CC1C(N(C)S(=O)(=O)C[C@H]2CC[C@H](C)[C@@H](C)[C@@H]2/C=C/c2ccc(-c3ccccc3C#N)cn2)C[C@H](C)[C@@H](C)[C@@H]1/C=C/c1ccc(-c2ccccc2C#N)cn1. The molecule has 55 heavy (non-hydrogen) atoms. The number of nitriles is 2. The molecular formula is C47H53N5O2S. The maximum Gasteiger partial charge on any atom is 0.214 e. The summed E-state index contributed by atoms with van der Waals surface area (Å²) in [5.41, 5.74) is 6.41. The maximum absolute atomic E-state index is 14.4. The van der Waals surface area contributed by atoms with Crippen molar-refractivity contribution < 1.29 is 8.42 Å². The third-order valence-electron chi connectivity index (χ3n) is 13.0. The van der Waals surface area contributed by atoms with Crippen LogP contribution < -0.4 is 0 Å². The molecule has 0 amide bonds. The van der Waals surface area contributed by atoms with Crippen molar-refractivity contribution in [3.05, 3.63) is 120 Å². The van der Waals surface area contributed by atoms with Crippen molar-refractivity contribution in [1.29, 1.82) is 10.5 Å². The van der Waals surface area contributed by atoms with Crippen LogP contribution in [-0.4, -0.2) is 41.5 Å². The Bertz CT molecular complexity index is 2200. The lowest BCUT2D eigenvalue weighted by Crippen LogP contribution is -2.51. The molecule has 2 aliphatic rings. The van der Waals surface area contributed by atoms with Gasteiger partial charge in [-0.15, -0.1) is 0 Å². The summed E-state index contributed by atoms with van der Waals surface area (Å²) in [6.07, 6.45) is 14.9. The Morgan fingerprint density at radius 3 is 1.71 bits per heavy atom. The van der Waals surface area contributed by atoms with E-state index in [0.29, 0.717) is 34.8 Å². The van der Waals surface area contributed by atoms with Crippen molar-refractivity contribution in [3.63, 3.8) is 0 Å². The lowest BCUT2D eigenvalue weighted by atomic mass is 9.66. The highest BCUT2D eigenvalue weighted by molar-refractivity contribution is 7.89. The van der Waals surface area contributed by atoms with E-state index in [9.17, 15) is 18.9 Å².